The fourth-order valence-electron chi connectivity index (χ4n) is 1.65. The molecule has 3 nitrogen and oxygen atoms in total. The van der Waals surface area contributed by atoms with Crippen LogP contribution in [-0.2, 0) is 12.6 Å². The number of fused-ring (bicyclic) bond motifs is 1. The summed E-state index contributed by atoms with van der Waals surface area (Å²) >= 11 is 0. The van der Waals surface area contributed by atoms with E-state index < -0.39 is 11.7 Å². The van der Waals surface area contributed by atoms with Gasteiger partial charge in [0.1, 0.15) is 0 Å². The molecule has 15 heavy (non-hydrogen) atoms. The van der Waals surface area contributed by atoms with E-state index in [9.17, 15) is 18.1 Å². The molecule has 0 saturated heterocycles. The van der Waals surface area contributed by atoms with Crippen molar-refractivity contribution in [1.29, 1.82) is 0 Å². The number of nitrogens with zero attached hydrogens (tertiary/aromatic N) is 2. The van der Waals surface area contributed by atoms with Crippen molar-refractivity contribution in [3.63, 3.8) is 0 Å². The van der Waals surface area contributed by atoms with Gasteiger partial charge in [-0.3, -0.25) is 0 Å². The summed E-state index contributed by atoms with van der Waals surface area (Å²) in [5, 5.41) is 3.88. The van der Waals surface area contributed by atoms with Crippen LogP contribution in [0.5, 0.6) is 0 Å². The lowest BCUT2D eigenvalue weighted by Gasteiger charge is -2.10. The predicted octanol–water partition coefficient (Wildman–Crippen LogP) is 2.75. The summed E-state index contributed by atoms with van der Waals surface area (Å²) in [6.07, 6.45) is -3.91. The Morgan fingerprint density at radius 2 is 2.07 bits per heavy atom. The van der Waals surface area contributed by atoms with Gasteiger partial charge in [0.25, 0.3) is 0 Å². The monoisotopic (exact) mass is 216 g/mol. The summed E-state index contributed by atoms with van der Waals surface area (Å²) < 4.78 is 37.0. The van der Waals surface area contributed by atoms with Crippen LogP contribution in [0, 0.1) is 4.91 Å². The Morgan fingerprint density at radius 3 is 2.67 bits per heavy atom. The normalized spacial score (nSPS) is 15.3. The van der Waals surface area contributed by atoms with Crippen molar-refractivity contribution in [3.8, 4) is 0 Å². The number of rotatable bonds is 1. The van der Waals surface area contributed by atoms with Crippen LogP contribution >= 0.6 is 0 Å². The highest BCUT2D eigenvalue weighted by molar-refractivity contribution is 5.58. The number of hydrogen-bond acceptors (Lipinski definition) is 2. The Hall–Kier alpha value is -1.59. The first-order valence-electron chi connectivity index (χ1n) is 4.33. The zero-order valence-corrected chi connectivity index (χ0v) is 7.58. The molecule has 1 aromatic rings. The minimum Gasteiger partial charge on any atom is -0.229 e. The highest BCUT2D eigenvalue weighted by Crippen LogP contribution is 2.35. The van der Waals surface area contributed by atoms with Crippen LogP contribution in [0.2, 0.25) is 0 Å². The van der Waals surface area contributed by atoms with Crippen molar-refractivity contribution in [2.24, 2.45) is 5.29 Å². The lowest BCUT2D eigenvalue weighted by Crippen LogP contribution is -2.10. The summed E-state index contributed by atoms with van der Waals surface area (Å²) in [4.78, 5) is 10.3. The molecule has 0 N–H and O–H groups in total. The molecule has 1 heterocycles. The van der Waals surface area contributed by atoms with E-state index >= 15 is 0 Å². The van der Waals surface area contributed by atoms with Crippen LogP contribution in [0.25, 0.3) is 0 Å². The topological polar surface area (TPSA) is 32.7 Å². The highest BCUT2D eigenvalue weighted by atomic mass is 19.4. The molecular weight excluding hydrogens is 209 g/mol. The highest BCUT2D eigenvalue weighted by Gasteiger charge is 2.32. The second-order valence-electron chi connectivity index (χ2n) is 3.30. The first-order chi connectivity index (χ1) is 7.02. The van der Waals surface area contributed by atoms with Crippen molar-refractivity contribution < 1.29 is 13.2 Å². The fourth-order valence-corrected chi connectivity index (χ4v) is 1.65. The van der Waals surface area contributed by atoms with E-state index in [-0.39, 0.29) is 0 Å². The van der Waals surface area contributed by atoms with Gasteiger partial charge in [-0.05, 0) is 30.2 Å². The molecule has 0 radical (unpaired) electrons. The number of anilines is 1. The first kappa shape index (κ1) is 9.95. The van der Waals surface area contributed by atoms with Gasteiger partial charge >= 0.3 is 6.18 Å². The zero-order chi connectivity index (χ0) is 11.1. The average molecular weight is 216 g/mol. The Morgan fingerprint density at radius 1 is 1.33 bits per heavy atom. The third-order valence-electron chi connectivity index (χ3n) is 2.38. The molecule has 1 aliphatic heterocycles. The maximum absolute atomic E-state index is 12.3. The number of alkyl halides is 3. The van der Waals surface area contributed by atoms with E-state index in [4.69, 9.17) is 0 Å². The smallest absolute Gasteiger partial charge is 0.229 e. The minimum atomic E-state index is -4.34. The minimum absolute atomic E-state index is 0.347. The van der Waals surface area contributed by atoms with Crippen LogP contribution in [0.15, 0.2) is 23.5 Å². The Bertz CT molecular complexity index is 403. The lowest BCUT2D eigenvalue weighted by molar-refractivity contribution is -0.137. The van der Waals surface area contributed by atoms with Gasteiger partial charge in [-0.15, -0.1) is 4.91 Å². The van der Waals surface area contributed by atoms with Gasteiger partial charge in [0.2, 0.25) is 0 Å². The summed E-state index contributed by atoms with van der Waals surface area (Å²) in [6.45, 7) is 0.347. The zero-order valence-electron chi connectivity index (χ0n) is 7.58. The van der Waals surface area contributed by atoms with Crippen molar-refractivity contribution in [2.75, 3.05) is 11.6 Å². The molecule has 0 unspecified atom stereocenters. The van der Waals surface area contributed by atoms with Gasteiger partial charge in [0.15, 0.2) is 0 Å². The largest absolute Gasteiger partial charge is 0.416 e. The third kappa shape index (κ3) is 1.67. The molecule has 0 atom stereocenters. The maximum atomic E-state index is 12.3. The number of hydrogen-bond donors (Lipinski definition) is 0. The van der Waals surface area contributed by atoms with Crippen LogP contribution in [0.4, 0.5) is 18.9 Å². The first-order valence-corrected chi connectivity index (χ1v) is 4.33. The Balaban J connectivity index is 2.41. The van der Waals surface area contributed by atoms with Gasteiger partial charge < -0.3 is 0 Å². The molecule has 6 heteroatoms. The van der Waals surface area contributed by atoms with Crippen LogP contribution in [-0.4, -0.2) is 6.54 Å². The second-order valence-corrected chi connectivity index (χ2v) is 3.30. The molecule has 0 bridgehead atoms. The molecule has 0 saturated carbocycles. The standard InChI is InChI=1S/C9H7F3N2O/c10-9(11,12)7-1-2-8-6(5-7)3-4-14(8)13-15/h1-2,5H,3-4H2. The Kier molecular flexibility index (Phi) is 2.13. The van der Waals surface area contributed by atoms with Crippen molar-refractivity contribution in [3.05, 3.63) is 34.2 Å². The number of halogens is 3. The second kappa shape index (κ2) is 3.22. The third-order valence-corrected chi connectivity index (χ3v) is 2.38. The fraction of sp³-hybridized carbons (Fsp3) is 0.333. The number of nitroso groups, excluding NO2 is 1. The Labute approximate surface area is 83.4 Å². The van der Waals surface area contributed by atoms with Gasteiger partial charge in [0.05, 0.1) is 16.5 Å². The summed E-state index contributed by atoms with van der Waals surface area (Å²) in [7, 11) is 0. The summed E-state index contributed by atoms with van der Waals surface area (Å²) in [6, 6.07) is 3.31. The van der Waals surface area contributed by atoms with Gasteiger partial charge in [0, 0.05) is 6.54 Å². The molecule has 80 valence electrons. The van der Waals surface area contributed by atoms with Crippen LogP contribution in [0.1, 0.15) is 11.1 Å². The molecular formula is C9H7F3N2O. The van der Waals surface area contributed by atoms with Crippen LogP contribution < -0.4 is 5.01 Å². The van der Waals surface area contributed by atoms with Gasteiger partial charge in [-0.2, -0.15) is 13.2 Å². The van der Waals surface area contributed by atoms with E-state index in [1.165, 1.54) is 6.07 Å². The van der Waals surface area contributed by atoms with Gasteiger partial charge in [-0.1, -0.05) is 0 Å². The van der Waals surface area contributed by atoms with Crippen molar-refractivity contribution in [2.45, 2.75) is 12.6 Å². The molecule has 2 rings (SSSR count). The molecule has 1 aliphatic rings. The molecule has 0 aromatic heterocycles. The molecule has 0 spiro atoms. The SMILES string of the molecule is O=NN1CCc2cc(C(F)(F)F)ccc21. The molecule has 0 amide bonds. The van der Waals surface area contributed by atoms with Crippen molar-refractivity contribution >= 4 is 5.69 Å². The van der Waals surface area contributed by atoms with E-state index in [0.29, 0.717) is 24.2 Å². The quantitative estimate of drug-likeness (QED) is 0.676. The van der Waals surface area contributed by atoms with E-state index in [0.717, 1.165) is 17.1 Å². The predicted molar refractivity (Wildman–Crippen MR) is 48.3 cm³/mol. The molecule has 1 aromatic carbocycles. The average Bonchev–Trinajstić information content (AvgIpc) is 2.58. The van der Waals surface area contributed by atoms with E-state index in [2.05, 4.69) is 5.29 Å². The molecule has 0 aliphatic carbocycles. The van der Waals surface area contributed by atoms with E-state index in [1.807, 2.05) is 0 Å². The summed E-state index contributed by atoms with van der Waals surface area (Å²) in [5.74, 6) is 0. The summed E-state index contributed by atoms with van der Waals surface area (Å²) in [5.41, 5.74) is 0.302. The molecule has 0 fully saturated rings. The number of benzene rings is 1. The maximum Gasteiger partial charge on any atom is 0.416 e. The van der Waals surface area contributed by atoms with Crippen LogP contribution in [0.3, 0.4) is 0 Å². The lowest BCUT2D eigenvalue weighted by atomic mass is 10.1. The van der Waals surface area contributed by atoms with Gasteiger partial charge in [-0.25, -0.2) is 5.01 Å². The van der Waals surface area contributed by atoms with Crippen molar-refractivity contribution in [1.82, 2.24) is 0 Å². The van der Waals surface area contributed by atoms with E-state index in [1.54, 1.807) is 0 Å².